The molecular formula is C25H23NO. The summed E-state index contributed by atoms with van der Waals surface area (Å²) < 4.78 is 6.39. The number of piperidine rings is 1. The van der Waals surface area contributed by atoms with E-state index in [1.165, 1.54) is 41.5 Å². The SMILES string of the molecule is c1ccc(-c2cc(N3CCCCC3)c3oc(-c4ccccc4)cc3c2)cc1. The molecule has 3 aromatic carbocycles. The number of anilines is 1. The largest absolute Gasteiger partial charge is 0.454 e. The summed E-state index contributed by atoms with van der Waals surface area (Å²) in [6.45, 7) is 2.21. The Morgan fingerprint density at radius 1 is 0.630 bits per heavy atom. The molecule has 1 aromatic heterocycles. The van der Waals surface area contributed by atoms with Gasteiger partial charge in [0, 0.05) is 24.0 Å². The van der Waals surface area contributed by atoms with Crippen molar-refractivity contribution in [2.75, 3.05) is 18.0 Å². The van der Waals surface area contributed by atoms with Gasteiger partial charge in [-0.05, 0) is 48.6 Å². The average molecular weight is 353 g/mol. The summed E-state index contributed by atoms with van der Waals surface area (Å²) in [6.07, 6.45) is 3.83. The lowest BCUT2D eigenvalue weighted by Crippen LogP contribution is -2.29. The van der Waals surface area contributed by atoms with Crippen LogP contribution in [0.5, 0.6) is 0 Å². The summed E-state index contributed by atoms with van der Waals surface area (Å²) in [6, 6.07) is 27.8. The van der Waals surface area contributed by atoms with Crippen LogP contribution < -0.4 is 4.90 Å². The van der Waals surface area contributed by atoms with E-state index in [1.54, 1.807) is 0 Å². The molecule has 0 amide bonds. The van der Waals surface area contributed by atoms with E-state index < -0.39 is 0 Å². The molecule has 1 aliphatic rings. The zero-order valence-corrected chi connectivity index (χ0v) is 15.4. The minimum Gasteiger partial charge on any atom is -0.454 e. The van der Waals surface area contributed by atoms with Gasteiger partial charge in [-0.25, -0.2) is 0 Å². The quantitative estimate of drug-likeness (QED) is 0.405. The Kier molecular flexibility index (Phi) is 4.17. The first kappa shape index (κ1) is 16.2. The number of hydrogen-bond acceptors (Lipinski definition) is 2. The van der Waals surface area contributed by atoms with E-state index >= 15 is 0 Å². The van der Waals surface area contributed by atoms with E-state index in [9.17, 15) is 0 Å². The standard InChI is InChI=1S/C25H23NO/c1-4-10-19(11-5-1)21-16-22-18-24(20-12-6-2-7-13-20)27-25(22)23(17-21)26-14-8-3-9-15-26/h1-2,4-7,10-13,16-18H,3,8-9,14-15H2. The van der Waals surface area contributed by atoms with Gasteiger partial charge in [0.2, 0.25) is 0 Å². The van der Waals surface area contributed by atoms with Gasteiger partial charge in [-0.15, -0.1) is 0 Å². The zero-order chi connectivity index (χ0) is 18.1. The third-order valence-electron chi connectivity index (χ3n) is 5.46. The van der Waals surface area contributed by atoms with Crippen LogP contribution in [0.2, 0.25) is 0 Å². The van der Waals surface area contributed by atoms with Crippen LogP contribution in [-0.2, 0) is 0 Å². The normalized spacial score (nSPS) is 14.6. The first-order chi connectivity index (χ1) is 13.4. The summed E-state index contributed by atoms with van der Waals surface area (Å²) in [5, 5.41) is 1.18. The van der Waals surface area contributed by atoms with Gasteiger partial charge in [0.05, 0.1) is 5.69 Å². The summed E-state index contributed by atoms with van der Waals surface area (Å²) in [5.74, 6) is 0.939. The van der Waals surface area contributed by atoms with Crippen molar-refractivity contribution in [1.29, 1.82) is 0 Å². The van der Waals surface area contributed by atoms with E-state index in [-0.39, 0.29) is 0 Å². The highest BCUT2D eigenvalue weighted by molar-refractivity contribution is 5.96. The van der Waals surface area contributed by atoms with Gasteiger partial charge < -0.3 is 9.32 Å². The Morgan fingerprint density at radius 2 is 1.30 bits per heavy atom. The van der Waals surface area contributed by atoms with Gasteiger partial charge in [-0.1, -0.05) is 60.7 Å². The fraction of sp³-hybridized carbons (Fsp3) is 0.200. The summed E-state index contributed by atoms with van der Waals surface area (Å²) >= 11 is 0. The van der Waals surface area contributed by atoms with Crippen LogP contribution in [0.4, 0.5) is 5.69 Å². The van der Waals surface area contributed by atoms with Crippen LogP contribution in [0, 0.1) is 0 Å². The lowest BCUT2D eigenvalue weighted by Gasteiger charge is -2.29. The van der Waals surface area contributed by atoms with Gasteiger partial charge in [0.15, 0.2) is 5.58 Å². The second-order valence-electron chi connectivity index (χ2n) is 7.30. The monoisotopic (exact) mass is 353 g/mol. The Hall–Kier alpha value is -3.00. The molecule has 5 rings (SSSR count). The van der Waals surface area contributed by atoms with Gasteiger partial charge >= 0.3 is 0 Å². The molecule has 27 heavy (non-hydrogen) atoms. The molecule has 1 fully saturated rings. The van der Waals surface area contributed by atoms with E-state index in [0.717, 1.165) is 30.0 Å². The number of furan rings is 1. The molecule has 1 saturated heterocycles. The fourth-order valence-corrected chi connectivity index (χ4v) is 4.05. The fourth-order valence-electron chi connectivity index (χ4n) is 4.05. The van der Waals surface area contributed by atoms with Crippen molar-refractivity contribution in [1.82, 2.24) is 0 Å². The van der Waals surface area contributed by atoms with Crippen LogP contribution in [0.25, 0.3) is 33.4 Å². The van der Waals surface area contributed by atoms with Crippen molar-refractivity contribution in [3.8, 4) is 22.5 Å². The topological polar surface area (TPSA) is 16.4 Å². The van der Waals surface area contributed by atoms with Crippen molar-refractivity contribution in [2.45, 2.75) is 19.3 Å². The lowest BCUT2D eigenvalue weighted by molar-refractivity contribution is 0.571. The lowest BCUT2D eigenvalue weighted by atomic mass is 10.0. The highest BCUT2D eigenvalue weighted by Crippen LogP contribution is 2.38. The molecule has 0 radical (unpaired) electrons. The van der Waals surface area contributed by atoms with Crippen molar-refractivity contribution < 1.29 is 4.42 Å². The van der Waals surface area contributed by atoms with Crippen molar-refractivity contribution in [3.05, 3.63) is 78.9 Å². The maximum absolute atomic E-state index is 6.39. The highest BCUT2D eigenvalue weighted by Gasteiger charge is 2.19. The van der Waals surface area contributed by atoms with Crippen LogP contribution >= 0.6 is 0 Å². The molecule has 2 heteroatoms. The maximum atomic E-state index is 6.39. The van der Waals surface area contributed by atoms with Crippen molar-refractivity contribution in [3.63, 3.8) is 0 Å². The molecule has 1 aliphatic heterocycles. The van der Waals surface area contributed by atoms with E-state index in [0.29, 0.717) is 0 Å². The number of benzene rings is 3. The molecule has 134 valence electrons. The predicted molar refractivity (Wildman–Crippen MR) is 113 cm³/mol. The van der Waals surface area contributed by atoms with Crippen molar-refractivity contribution >= 4 is 16.7 Å². The Bertz CT molecular complexity index is 1040. The van der Waals surface area contributed by atoms with E-state index in [1.807, 2.05) is 6.07 Å². The minimum atomic E-state index is 0.939. The van der Waals surface area contributed by atoms with Crippen LogP contribution in [0.1, 0.15) is 19.3 Å². The summed E-state index contributed by atoms with van der Waals surface area (Å²) in [5.41, 5.74) is 5.87. The molecule has 0 atom stereocenters. The molecule has 2 nitrogen and oxygen atoms in total. The van der Waals surface area contributed by atoms with Gasteiger partial charge in [0.25, 0.3) is 0 Å². The zero-order valence-electron chi connectivity index (χ0n) is 15.4. The average Bonchev–Trinajstić information content (AvgIpc) is 3.19. The number of rotatable bonds is 3. The molecule has 0 unspecified atom stereocenters. The molecule has 0 saturated carbocycles. The molecule has 4 aromatic rings. The summed E-state index contributed by atoms with van der Waals surface area (Å²) in [4.78, 5) is 2.50. The third-order valence-corrected chi connectivity index (χ3v) is 5.46. The maximum Gasteiger partial charge on any atom is 0.158 e. The first-order valence-corrected chi connectivity index (χ1v) is 9.82. The van der Waals surface area contributed by atoms with Gasteiger partial charge in [0.1, 0.15) is 5.76 Å². The Labute approximate surface area is 160 Å². The minimum absolute atomic E-state index is 0.939. The highest BCUT2D eigenvalue weighted by atomic mass is 16.3. The van der Waals surface area contributed by atoms with Gasteiger partial charge in [-0.3, -0.25) is 0 Å². The van der Waals surface area contributed by atoms with Crippen LogP contribution in [-0.4, -0.2) is 13.1 Å². The Balaban J connectivity index is 1.69. The second-order valence-corrected chi connectivity index (χ2v) is 7.30. The number of nitrogens with zero attached hydrogens (tertiary/aromatic N) is 1. The van der Waals surface area contributed by atoms with E-state index in [2.05, 4.69) is 77.7 Å². The van der Waals surface area contributed by atoms with E-state index in [4.69, 9.17) is 4.42 Å². The molecule has 0 spiro atoms. The summed E-state index contributed by atoms with van der Waals surface area (Å²) in [7, 11) is 0. The third kappa shape index (κ3) is 3.12. The smallest absolute Gasteiger partial charge is 0.158 e. The molecule has 2 heterocycles. The number of fused-ring (bicyclic) bond motifs is 1. The van der Waals surface area contributed by atoms with Crippen LogP contribution in [0.15, 0.2) is 83.3 Å². The number of hydrogen-bond donors (Lipinski definition) is 0. The second kappa shape index (κ2) is 6.96. The molecule has 0 bridgehead atoms. The molecular weight excluding hydrogens is 330 g/mol. The van der Waals surface area contributed by atoms with Crippen molar-refractivity contribution in [2.24, 2.45) is 0 Å². The van der Waals surface area contributed by atoms with Crippen LogP contribution in [0.3, 0.4) is 0 Å². The van der Waals surface area contributed by atoms with Gasteiger partial charge in [-0.2, -0.15) is 0 Å². The first-order valence-electron chi connectivity index (χ1n) is 9.82. The Morgan fingerprint density at radius 3 is 2.00 bits per heavy atom. The molecule has 0 N–H and O–H groups in total. The molecule has 0 aliphatic carbocycles. The predicted octanol–water partition coefficient (Wildman–Crippen LogP) is 6.76.